The average molecular weight is 297 g/mol. The van der Waals surface area contributed by atoms with E-state index in [0.717, 1.165) is 5.06 Å². The fraction of sp³-hybridized carbons (Fsp3) is 0.500. The average Bonchev–Trinajstić information content (AvgIpc) is 2.54. The van der Waals surface area contributed by atoms with Crippen molar-refractivity contribution in [1.82, 2.24) is 5.06 Å². The minimum absolute atomic E-state index is 0.0991. The van der Waals surface area contributed by atoms with E-state index in [1.807, 2.05) is 6.26 Å². The van der Waals surface area contributed by atoms with E-state index in [1.54, 1.807) is 0 Å². The van der Waals surface area contributed by atoms with Crippen LogP contribution in [0.1, 0.15) is 6.42 Å². The standard InChI is InChI=1S/C10H10F3NO2S2/c1-17-5-9-14(16-10(11,12)13)7-3-2-6(15)4-8(7)18-9/h2-3,9H,4-5H2,1H3. The number of halogens is 3. The number of hydrogen-bond acceptors (Lipinski definition) is 5. The molecule has 1 unspecified atom stereocenters. The number of ketones is 1. The number of allylic oxidation sites excluding steroid dienone is 3. The molecule has 2 aliphatic rings. The van der Waals surface area contributed by atoms with Crippen LogP contribution in [-0.2, 0) is 9.63 Å². The van der Waals surface area contributed by atoms with Gasteiger partial charge in [0.1, 0.15) is 5.37 Å². The molecule has 1 atom stereocenters. The first-order valence-electron chi connectivity index (χ1n) is 5.05. The molecule has 0 aromatic rings. The third kappa shape index (κ3) is 3.04. The fourth-order valence-electron chi connectivity index (χ4n) is 1.70. The lowest BCUT2D eigenvalue weighted by atomic mass is 10.1. The van der Waals surface area contributed by atoms with Crippen molar-refractivity contribution in [2.75, 3.05) is 12.0 Å². The SMILES string of the molecule is CSCC1SC2=C(C=CC(=O)C2)N1OC(F)(F)F. The molecule has 3 nitrogen and oxygen atoms in total. The Morgan fingerprint density at radius 1 is 1.56 bits per heavy atom. The van der Waals surface area contributed by atoms with Gasteiger partial charge in [0.15, 0.2) is 5.78 Å². The summed E-state index contributed by atoms with van der Waals surface area (Å²) in [6.45, 7) is 0. The van der Waals surface area contributed by atoms with Crippen LogP contribution in [0, 0.1) is 0 Å². The minimum atomic E-state index is -4.73. The first-order chi connectivity index (χ1) is 8.40. The van der Waals surface area contributed by atoms with Crippen molar-refractivity contribution in [3.05, 3.63) is 22.8 Å². The highest BCUT2D eigenvalue weighted by atomic mass is 32.2. The van der Waals surface area contributed by atoms with Gasteiger partial charge in [0, 0.05) is 17.1 Å². The zero-order chi connectivity index (χ0) is 13.3. The Kier molecular flexibility index (Phi) is 3.98. The van der Waals surface area contributed by atoms with Crippen LogP contribution in [0.4, 0.5) is 13.2 Å². The molecule has 8 heteroatoms. The van der Waals surface area contributed by atoms with Gasteiger partial charge in [0.25, 0.3) is 0 Å². The van der Waals surface area contributed by atoms with E-state index in [-0.39, 0.29) is 12.2 Å². The summed E-state index contributed by atoms with van der Waals surface area (Å²) < 4.78 is 37.1. The van der Waals surface area contributed by atoms with Crippen LogP contribution in [0.15, 0.2) is 22.8 Å². The van der Waals surface area contributed by atoms with Gasteiger partial charge in [-0.2, -0.15) is 16.6 Å². The Morgan fingerprint density at radius 2 is 2.28 bits per heavy atom. The molecule has 0 amide bonds. The summed E-state index contributed by atoms with van der Waals surface area (Å²) in [5.41, 5.74) is 0.343. The van der Waals surface area contributed by atoms with Gasteiger partial charge in [-0.25, -0.2) is 5.06 Å². The predicted octanol–water partition coefficient (Wildman–Crippen LogP) is 2.92. The van der Waals surface area contributed by atoms with Crippen molar-refractivity contribution in [1.29, 1.82) is 0 Å². The summed E-state index contributed by atoms with van der Waals surface area (Å²) in [5.74, 6) is 0.383. The topological polar surface area (TPSA) is 29.5 Å². The Bertz CT molecular complexity index is 420. The van der Waals surface area contributed by atoms with Gasteiger partial charge < -0.3 is 0 Å². The molecule has 1 aliphatic heterocycles. The maximum absolute atomic E-state index is 12.4. The molecule has 0 N–H and O–H groups in total. The van der Waals surface area contributed by atoms with Crippen molar-refractivity contribution in [3.63, 3.8) is 0 Å². The predicted molar refractivity (Wildman–Crippen MR) is 64.5 cm³/mol. The molecule has 18 heavy (non-hydrogen) atoms. The fourth-order valence-corrected chi connectivity index (χ4v) is 3.89. The number of rotatable bonds is 3. The molecular weight excluding hydrogens is 287 g/mol. The van der Waals surface area contributed by atoms with Crippen LogP contribution in [0.3, 0.4) is 0 Å². The second kappa shape index (κ2) is 5.18. The summed E-state index contributed by atoms with van der Waals surface area (Å²) >= 11 is 2.69. The van der Waals surface area contributed by atoms with Gasteiger partial charge in [-0.15, -0.1) is 13.2 Å². The summed E-state index contributed by atoms with van der Waals surface area (Å²) in [7, 11) is 0. The lowest BCUT2D eigenvalue weighted by Crippen LogP contribution is -2.35. The van der Waals surface area contributed by atoms with Crippen LogP contribution in [0.5, 0.6) is 0 Å². The van der Waals surface area contributed by atoms with E-state index in [2.05, 4.69) is 4.84 Å². The lowest BCUT2D eigenvalue weighted by Gasteiger charge is -2.26. The molecule has 2 rings (SSSR count). The molecule has 0 bridgehead atoms. The molecular formula is C10H10F3NO2S2. The lowest BCUT2D eigenvalue weighted by molar-refractivity contribution is -0.405. The zero-order valence-electron chi connectivity index (χ0n) is 9.36. The number of nitrogens with zero attached hydrogens (tertiary/aromatic N) is 1. The van der Waals surface area contributed by atoms with E-state index in [0.29, 0.717) is 16.4 Å². The highest BCUT2D eigenvalue weighted by molar-refractivity contribution is 8.05. The van der Waals surface area contributed by atoms with E-state index < -0.39 is 11.7 Å². The quantitative estimate of drug-likeness (QED) is 0.799. The third-order valence-corrected chi connectivity index (χ3v) is 4.46. The Morgan fingerprint density at radius 3 is 2.89 bits per heavy atom. The van der Waals surface area contributed by atoms with E-state index >= 15 is 0 Å². The van der Waals surface area contributed by atoms with Gasteiger partial charge in [-0.1, -0.05) is 11.8 Å². The number of hydroxylamine groups is 2. The molecule has 0 saturated carbocycles. The zero-order valence-corrected chi connectivity index (χ0v) is 11.0. The highest BCUT2D eigenvalue weighted by Gasteiger charge is 2.42. The molecule has 0 aromatic carbocycles. The molecule has 0 aromatic heterocycles. The maximum Gasteiger partial charge on any atom is 0.544 e. The van der Waals surface area contributed by atoms with Crippen LogP contribution in [-0.4, -0.2) is 34.6 Å². The first-order valence-corrected chi connectivity index (χ1v) is 7.33. The second-order valence-corrected chi connectivity index (χ2v) is 5.86. The molecule has 0 spiro atoms. The van der Waals surface area contributed by atoms with Crippen molar-refractivity contribution in [3.8, 4) is 0 Å². The van der Waals surface area contributed by atoms with Crippen LogP contribution in [0.25, 0.3) is 0 Å². The second-order valence-electron chi connectivity index (χ2n) is 3.68. The minimum Gasteiger partial charge on any atom is -0.294 e. The maximum atomic E-state index is 12.4. The van der Waals surface area contributed by atoms with Gasteiger partial charge in [-0.05, 0) is 18.4 Å². The number of alkyl halides is 3. The van der Waals surface area contributed by atoms with E-state index in [4.69, 9.17) is 0 Å². The van der Waals surface area contributed by atoms with E-state index in [1.165, 1.54) is 35.7 Å². The normalized spacial score (nSPS) is 23.9. The van der Waals surface area contributed by atoms with Crippen molar-refractivity contribution in [2.24, 2.45) is 0 Å². The number of carbonyl (C=O) groups excluding carboxylic acids is 1. The van der Waals surface area contributed by atoms with Crippen molar-refractivity contribution >= 4 is 29.3 Å². The molecule has 0 saturated heterocycles. The van der Waals surface area contributed by atoms with Crippen LogP contribution >= 0.6 is 23.5 Å². The van der Waals surface area contributed by atoms with Gasteiger partial charge in [0.2, 0.25) is 0 Å². The Balaban J connectivity index is 2.20. The van der Waals surface area contributed by atoms with Gasteiger partial charge >= 0.3 is 6.36 Å². The van der Waals surface area contributed by atoms with E-state index in [9.17, 15) is 18.0 Å². The highest BCUT2D eigenvalue weighted by Crippen LogP contribution is 2.44. The monoisotopic (exact) mass is 297 g/mol. The number of hydrogen-bond donors (Lipinski definition) is 0. The molecule has 100 valence electrons. The summed E-state index contributed by atoms with van der Waals surface area (Å²) in [6, 6.07) is 0. The van der Waals surface area contributed by atoms with Gasteiger partial charge in [0.05, 0.1) is 5.70 Å². The Hall–Kier alpha value is -0.600. The summed E-state index contributed by atoms with van der Waals surface area (Å²) in [4.78, 5) is 15.9. The smallest absolute Gasteiger partial charge is 0.294 e. The first kappa shape index (κ1) is 13.8. The van der Waals surface area contributed by atoms with Gasteiger partial charge in [-0.3, -0.25) is 4.79 Å². The number of thioether (sulfide) groups is 2. The number of carbonyl (C=O) groups is 1. The van der Waals surface area contributed by atoms with Crippen LogP contribution in [0.2, 0.25) is 0 Å². The Labute approximate surface area is 110 Å². The molecule has 1 aliphatic carbocycles. The van der Waals surface area contributed by atoms with Crippen molar-refractivity contribution < 1.29 is 22.8 Å². The molecule has 0 radical (unpaired) electrons. The van der Waals surface area contributed by atoms with Crippen molar-refractivity contribution in [2.45, 2.75) is 18.2 Å². The summed E-state index contributed by atoms with van der Waals surface area (Å²) in [6.07, 6.45) is -0.0908. The largest absolute Gasteiger partial charge is 0.544 e. The van der Waals surface area contributed by atoms with Crippen LogP contribution < -0.4 is 0 Å². The molecule has 0 fully saturated rings. The summed E-state index contributed by atoms with van der Waals surface area (Å²) in [5, 5.41) is 0.404. The molecule has 1 heterocycles. The third-order valence-electron chi connectivity index (χ3n) is 2.34.